The Balaban J connectivity index is 1.24. The molecule has 0 amide bonds. The maximum atomic E-state index is 12.2. The molecule has 4 fully saturated rings. The third-order valence-corrected chi connectivity index (χ3v) is 8.64. The molecule has 3 saturated carbocycles. The van der Waals surface area contributed by atoms with Crippen LogP contribution in [0, 0.1) is 17.3 Å². The minimum atomic E-state index is -2.36. The molecule has 4 unspecified atom stereocenters. The van der Waals surface area contributed by atoms with Crippen molar-refractivity contribution in [3.05, 3.63) is 23.3 Å². The second kappa shape index (κ2) is 10.4. The van der Waals surface area contributed by atoms with Crippen LogP contribution < -0.4 is 0 Å². The molecule has 1 heterocycles. The van der Waals surface area contributed by atoms with E-state index in [0.717, 1.165) is 57.2 Å². The number of hydrogen-bond donors (Lipinski definition) is 1. The molecule has 4 atom stereocenters. The smallest absolute Gasteiger partial charge is 0.261 e. The molecule has 4 aliphatic rings. The first-order valence-electron chi connectivity index (χ1n) is 12.6. The zero-order valence-electron chi connectivity index (χ0n) is 19.2. The molecule has 0 bridgehead atoms. The first-order chi connectivity index (χ1) is 14.9. The van der Waals surface area contributed by atoms with E-state index in [1.165, 1.54) is 50.5 Å². The maximum Gasteiger partial charge on any atom is 0.261 e. The van der Waals surface area contributed by atoms with Gasteiger partial charge in [-0.15, -0.1) is 0 Å². The number of aliphatic hydroxyl groups is 1. The highest BCUT2D eigenvalue weighted by atomic mass is 19.3. The fourth-order valence-electron chi connectivity index (χ4n) is 6.85. The molecule has 0 aromatic heterocycles. The molecule has 3 aliphatic carbocycles. The molecule has 0 radical (unpaired) electrons. The van der Waals surface area contributed by atoms with Crippen molar-refractivity contribution in [3.8, 4) is 0 Å². The summed E-state index contributed by atoms with van der Waals surface area (Å²) in [7, 11) is 0. The number of halogens is 2. The van der Waals surface area contributed by atoms with Crippen molar-refractivity contribution < 1.29 is 18.6 Å². The lowest BCUT2D eigenvalue weighted by Crippen LogP contribution is -2.52. The highest BCUT2D eigenvalue weighted by Crippen LogP contribution is 2.58. The number of likely N-dealkylation sites (tertiary alicyclic amines) is 1. The standard InChI is InChI=1S/C26H41F2NO2/c1-26-13-3-6-20(10-9-19-5-2-8-22(30)15-19)24(26)12-11-21(26)7-4-14-29-16-23(17-29)31-18-25(27)28/h9-10,21-25,30H,2-8,11-18H2,1H3/b19-9-,20-10+. The Hall–Kier alpha value is -0.780. The molecule has 0 spiro atoms. The number of aliphatic hydroxyl groups excluding tert-OH is 1. The fourth-order valence-corrected chi connectivity index (χ4v) is 6.85. The van der Waals surface area contributed by atoms with Crippen molar-refractivity contribution in [3.63, 3.8) is 0 Å². The number of ether oxygens (including phenoxy) is 1. The summed E-state index contributed by atoms with van der Waals surface area (Å²) in [5.74, 6) is 1.53. The minimum Gasteiger partial charge on any atom is -0.393 e. The number of hydrogen-bond acceptors (Lipinski definition) is 3. The second-order valence-electron chi connectivity index (χ2n) is 10.8. The van der Waals surface area contributed by atoms with Gasteiger partial charge in [0, 0.05) is 13.1 Å². The van der Waals surface area contributed by atoms with Gasteiger partial charge in [0.05, 0.1) is 12.2 Å². The van der Waals surface area contributed by atoms with Crippen LogP contribution in [-0.2, 0) is 4.74 Å². The molecule has 0 aromatic carbocycles. The van der Waals surface area contributed by atoms with Crippen molar-refractivity contribution >= 4 is 0 Å². The van der Waals surface area contributed by atoms with Crippen molar-refractivity contribution in [2.75, 3.05) is 26.2 Å². The van der Waals surface area contributed by atoms with Crippen LogP contribution in [0.2, 0.25) is 0 Å². The van der Waals surface area contributed by atoms with E-state index in [9.17, 15) is 13.9 Å². The van der Waals surface area contributed by atoms with Crippen LogP contribution in [0.1, 0.15) is 77.6 Å². The van der Waals surface area contributed by atoms with Crippen LogP contribution >= 0.6 is 0 Å². The van der Waals surface area contributed by atoms with Gasteiger partial charge in [-0.3, -0.25) is 4.90 Å². The zero-order chi connectivity index (χ0) is 21.8. The summed E-state index contributed by atoms with van der Waals surface area (Å²) < 4.78 is 29.7. The summed E-state index contributed by atoms with van der Waals surface area (Å²) in [5, 5.41) is 9.95. The van der Waals surface area contributed by atoms with E-state index < -0.39 is 13.0 Å². The van der Waals surface area contributed by atoms with E-state index in [1.807, 2.05) is 0 Å². The van der Waals surface area contributed by atoms with E-state index in [1.54, 1.807) is 5.57 Å². The average molecular weight is 438 g/mol. The van der Waals surface area contributed by atoms with Crippen LogP contribution in [0.15, 0.2) is 23.3 Å². The van der Waals surface area contributed by atoms with Gasteiger partial charge in [-0.2, -0.15) is 0 Å². The van der Waals surface area contributed by atoms with E-state index >= 15 is 0 Å². The van der Waals surface area contributed by atoms with Gasteiger partial charge in [0.25, 0.3) is 6.43 Å². The Bertz CT molecular complexity index is 658. The lowest BCUT2D eigenvalue weighted by molar-refractivity contribution is -0.0884. The van der Waals surface area contributed by atoms with Crippen LogP contribution in [0.3, 0.4) is 0 Å². The van der Waals surface area contributed by atoms with Crippen molar-refractivity contribution in [1.29, 1.82) is 0 Å². The van der Waals surface area contributed by atoms with Crippen LogP contribution in [0.25, 0.3) is 0 Å². The summed E-state index contributed by atoms with van der Waals surface area (Å²) in [6.07, 6.45) is 15.4. The molecule has 3 nitrogen and oxygen atoms in total. The highest BCUT2D eigenvalue weighted by Gasteiger charge is 2.48. The van der Waals surface area contributed by atoms with E-state index in [0.29, 0.717) is 5.41 Å². The summed E-state index contributed by atoms with van der Waals surface area (Å²) in [5.41, 5.74) is 3.52. The predicted octanol–water partition coefficient (Wildman–Crippen LogP) is 5.74. The predicted molar refractivity (Wildman–Crippen MR) is 120 cm³/mol. The summed E-state index contributed by atoms with van der Waals surface area (Å²) in [6, 6.07) is 0. The van der Waals surface area contributed by atoms with Crippen LogP contribution in [0.5, 0.6) is 0 Å². The molecule has 1 aliphatic heterocycles. The Labute approximate surface area is 186 Å². The van der Waals surface area contributed by atoms with Gasteiger partial charge in [0.2, 0.25) is 0 Å². The number of allylic oxidation sites excluding steroid dienone is 3. The van der Waals surface area contributed by atoms with Gasteiger partial charge in [0.1, 0.15) is 6.61 Å². The largest absolute Gasteiger partial charge is 0.393 e. The lowest BCUT2D eigenvalue weighted by atomic mass is 9.62. The van der Waals surface area contributed by atoms with Crippen molar-refractivity contribution in [1.82, 2.24) is 4.90 Å². The van der Waals surface area contributed by atoms with Gasteiger partial charge in [0.15, 0.2) is 0 Å². The number of nitrogens with zero attached hydrogens (tertiary/aromatic N) is 1. The van der Waals surface area contributed by atoms with Gasteiger partial charge < -0.3 is 9.84 Å². The number of alkyl halides is 2. The van der Waals surface area contributed by atoms with E-state index in [-0.39, 0.29) is 12.2 Å². The molecule has 4 rings (SSSR count). The monoisotopic (exact) mass is 437 g/mol. The molecular formula is C26H41F2NO2. The number of rotatable bonds is 8. The third kappa shape index (κ3) is 5.78. The Kier molecular flexibility index (Phi) is 7.87. The summed E-state index contributed by atoms with van der Waals surface area (Å²) >= 11 is 0. The Morgan fingerprint density at radius 1 is 1.16 bits per heavy atom. The molecule has 5 heteroatoms. The van der Waals surface area contributed by atoms with Gasteiger partial charge in [-0.05, 0) is 94.4 Å². The quantitative estimate of drug-likeness (QED) is 0.526. The average Bonchev–Trinajstić information content (AvgIpc) is 3.04. The molecule has 0 aromatic rings. The summed E-state index contributed by atoms with van der Waals surface area (Å²) in [4.78, 5) is 2.35. The van der Waals surface area contributed by atoms with Crippen LogP contribution in [-0.4, -0.2) is 54.9 Å². The Morgan fingerprint density at radius 2 is 2.00 bits per heavy atom. The third-order valence-electron chi connectivity index (χ3n) is 8.64. The lowest BCUT2D eigenvalue weighted by Gasteiger charge is -2.43. The topological polar surface area (TPSA) is 32.7 Å². The molecule has 1 saturated heterocycles. The maximum absolute atomic E-state index is 12.2. The minimum absolute atomic E-state index is 0.00724. The molecule has 176 valence electrons. The number of fused-ring (bicyclic) bond motifs is 1. The van der Waals surface area contributed by atoms with Crippen molar-refractivity contribution in [2.24, 2.45) is 17.3 Å². The molecular weight excluding hydrogens is 396 g/mol. The normalized spacial score (nSPS) is 37.5. The fraction of sp³-hybridized carbons (Fsp3) is 0.846. The summed E-state index contributed by atoms with van der Waals surface area (Å²) in [6.45, 7) is 4.81. The second-order valence-corrected chi connectivity index (χ2v) is 10.8. The van der Waals surface area contributed by atoms with E-state index in [4.69, 9.17) is 4.74 Å². The van der Waals surface area contributed by atoms with Crippen LogP contribution in [0.4, 0.5) is 8.78 Å². The van der Waals surface area contributed by atoms with Crippen molar-refractivity contribution in [2.45, 2.75) is 96.2 Å². The molecule has 1 N–H and O–H groups in total. The zero-order valence-corrected chi connectivity index (χ0v) is 19.2. The van der Waals surface area contributed by atoms with Gasteiger partial charge in [-0.1, -0.05) is 30.2 Å². The van der Waals surface area contributed by atoms with E-state index in [2.05, 4.69) is 24.0 Å². The first kappa shape index (κ1) is 23.4. The van der Waals surface area contributed by atoms with Gasteiger partial charge in [-0.25, -0.2) is 8.78 Å². The SMILES string of the molecule is CC12CCC/C(=C\C=C3\CCCC(O)C3)C1CCC2CCCN1CC(OCC(F)F)C1. The Morgan fingerprint density at radius 3 is 2.77 bits per heavy atom. The first-order valence-corrected chi connectivity index (χ1v) is 12.6. The molecule has 31 heavy (non-hydrogen) atoms. The van der Waals surface area contributed by atoms with Gasteiger partial charge >= 0.3 is 0 Å². The highest BCUT2D eigenvalue weighted by molar-refractivity contribution is 5.25.